The molecule has 0 aliphatic heterocycles. The molecule has 0 saturated heterocycles. The van der Waals surface area contributed by atoms with Gasteiger partial charge in [-0.15, -0.1) is 0 Å². The molecule has 0 spiro atoms. The zero-order chi connectivity index (χ0) is 12.3. The molecular formula is C13H12ClN3. The molecule has 3 nitrogen and oxygen atoms in total. The minimum absolute atomic E-state index is 0.115. The van der Waals surface area contributed by atoms with Gasteiger partial charge in [-0.3, -0.25) is 0 Å². The standard InChI is InChI=1S/C13H12ClN3/c14-11-2-1-10(8-16)12(7-11)17-9-13(3-4-13)5-6-15/h1-2,7,17H,3-5,9H2. The summed E-state index contributed by atoms with van der Waals surface area (Å²) in [6, 6.07) is 9.50. The summed E-state index contributed by atoms with van der Waals surface area (Å²) in [5, 5.41) is 21.5. The Kier molecular flexibility index (Phi) is 3.22. The molecule has 1 aromatic rings. The van der Waals surface area contributed by atoms with Crippen LogP contribution in [0.25, 0.3) is 0 Å². The van der Waals surface area contributed by atoms with Crippen molar-refractivity contribution in [1.82, 2.24) is 0 Å². The van der Waals surface area contributed by atoms with E-state index in [4.69, 9.17) is 22.1 Å². The molecule has 1 N–H and O–H groups in total. The number of anilines is 1. The van der Waals surface area contributed by atoms with Crippen molar-refractivity contribution in [2.45, 2.75) is 19.3 Å². The van der Waals surface area contributed by atoms with Crippen molar-refractivity contribution in [3.8, 4) is 12.1 Å². The molecule has 0 bridgehead atoms. The minimum atomic E-state index is 0.115. The van der Waals surface area contributed by atoms with E-state index in [1.807, 2.05) is 0 Å². The van der Waals surface area contributed by atoms with Gasteiger partial charge in [-0.2, -0.15) is 10.5 Å². The molecule has 0 radical (unpaired) electrons. The lowest BCUT2D eigenvalue weighted by atomic mass is 10.0. The molecule has 4 heteroatoms. The average Bonchev–Trinajstić information content (AvgIpc) is 3.08. The number of nitriles is 2. The molecule has 0 atom stereocenters. The monoisotopic (exact) mass is 245 g/mol. The molecule has 1 fully saturated rings. The van der Waals surface area contributed by atoms with E-state index in [0.29, 0.717) is 17.0 Å². The SMILES string of the molecule is N#CCC1(CNc2cc(Cl)ccc2C#N)CC1. The van der Waals surface area contributed by atoms with E-state index in [0.717, 1.165) is 25.1 Å². The maximum Gasteiger partial charge on any atom is 0.101 e. The fourth-order valence-electron chi connectivity index (χ4n) is 1.80. The number of benzene rings is 1. The van der Waals surface area contributed by atoms with Gasteiger partial charge in [-0.1, -0.05) is 11.6 Å². The van der Waals surface area contributed by atoms with Crippen molar-refractivity contribution in [1.29, 1.82) is 10.5 Å². The van der Waals surface area contributed by atoms with Crippen LogP contribution in [0.1, 0.15) is 24.8 Å². The van der Waals surface area contributed by atoms with E-state index < -0.39 is 0 Å². The van der Waals surface area contributed by atoms with Gasteiger partial charge < -0.3 is 5.32 Å². The van der Waals surface area contributed by atoms with Gasteiger partial charge in [0.05, 0.1) is 17.3 Å². The number of nitrogens with one attached hydrogen (secondary N) is 1. The topological polar surface area (TPSA) is 59.6 Å². The Labute approximate surface area is 106 Å². The zero-order valence-corrected chi connectivity index (χ0v) is 10.1. The second-order valence-corrected chi connectivity index (χ2v) is 4.93. The third-order valence-corrected chi connectivity index (χ3v) is 3.40. The van der Waals surface area contributed by atoms with Gasteiger partial charge in [-0.25, -0.2) is 0 Å². The largest absolute Gasteiger partial charge is 0.383 e. The third-order valence-electron chi connectivity index (χ3n) is 3.17. The smallest absolute Gasteiger partial charge is 0.101 e. The highest BCUT2D eigenvalue weighted by Gasteiger charge is 2.42. The molecule has 1 aliphatic carbocycles. The van der Waals surface area contributed by atoms with E-state index in [9.17, 15) is 0 Å². The van der Waals surface area contributed by atoms with Crippen LogP contribution in [0.3, 0.4) is 0 Å². The summed E-state index contributed by atoms with van der Waals surface area (Å²) in [7, 11) is 0. The first kappa shape index (κ1) is 11.8. The Morgan fingerprint density at radius 3 is 2.71 bits per heavy atom. The summed E-state index contributed by atoms with van der Waals surface area (Å²) >= 11 is 5.90. The summed E-state index contributed by atoms with van der Waals surface area (Å²) < 4.78 is 0. The van der Waals surface area contributed by atoms with Gasteiger partial charge in [0.25, 0.3) is 0 Å². The van der Waals surface area contributed by atoms with E-state index in [-0.39, 0.29) is 5.41 Å². The maximum absolute atomic E-state index is 8.97. The van der Waals surface area contributed by atoms with Crippen molar-refractivity contribution in [3.63, 3.8) is 0 Å². The van der Waals surface area contributed by atoms with Crippen LogP contribution in [-0.2, 0) is 0 Å². The molecule has 1 aliphatic rings. The van der Waals surface area contributed by atoms with Crippen LogP contribution >= 0.6 is 11.6 Å². The molecule has 0 unspecified atom stereocenters. The first-order chi connectivity index (χ1) is 8.19. The Morgan fingerprint density at radius 1 is 1.35 bits per heavy atom. The van der Waals surface area contributed by atoms with Crippen molar-refractivity contribution < 1.29 is 0 Å². The van der Waals surface area contributed by atoms with Gasteiger partial charge in [0.1, 0.15) is 6.07 Å². The highest BCUT2D eigenvalue weighted by atomic mass is 35.5. The van der Waals surface area contributed by atoms with Crippen molar-refractivity contribution in [2.75, 3.05) is 11.9 Å². The molecule has 2 rings (SSSR count). The third kappa shape index (κ3) is 2.70. The van der Waals surface area contributed by atoms with Crippen molar-refractivity contribution in [3.05, 3.63) is 28.8 Å². The summed E-state index contributed by atoms with van der Waals surface area (Å²) in [4.78, 5) is 0. The highest BCUT2D eigenvalue weighted by molar-refractivity contribution is 6.30. The molecule has 1 aromatic carbocycles. The van der Waals surface area contributed by atoms with Crippen LogP contribution in [0.2, 0.25) is 5.02 Å². The second-order valence-electron chi connectivity index (χ2n) is 4.49. The van der Waals surface area contributed by atoms with Crippen LogP contribution in [0.4, 0.5) is 5.69 Å². The fourth-order valence-corrected chi connectivity index (χ4v) is 1.98. The average molecular weight is 246 g/mol. The molecule has 1 saturated carbocycles. The van der Waals surface area contributed by atoms with Gasteiger partial charge in [0.15, 0.2) is 0 Å². The van der Waals surface area contributed by atoms with Gasteiger partial charge in [-0.05, 0) is 31.0 Å². The predicted molar refractivity (Wildman–Crippen MR) is 66.6 cm³/mol. The lowest BCUT2D eigenvalue weighted by molar-refractivity contribution is 0.557. The fraction of sp³-hybridized carbons (Fsp3) is 0.385. The van der Waals surface area contributed by atoms with Crippen LogP contribution in [0.5, 0.6) is 0 Å². The molecule has 17 heavy (non-hydrogen) atoms. The predicted octanol–water partition coefficient (Wildman–Crippen LogP) is 3.32. The Morgan fingerprint density at radius 2 is 2.12 bits per heavy atom. The van der Waals surface area contributed by atoms with E-state index in [2.05, 4.69) is 17.5 Å². The van der Waals surface area contributed by atoms with Crippen LogP contribution in [-0.4, -0.2) is 6.54 Å². The Bertz CT molecular complexity index is 506. The molecular weight excluding hydrogens is 234 g/mol. The van der Waals surface area contributed by atoms with Crippen molar-refractivity contribution >= 4 is 17.3 Å². The summed E-state index contributed by atoms with van der Waals surface area (Å²) in [5.41, 5.74) is 1.45. The lowest BCUT2D eigenvalue weighted by Crippen LogP contribution is -2.15. The number of hydrogen-bond acceptors (Lipinski definition) is 3. The van der Waals surface area contributed by atoms with Crippen LogP contribution < -0.4 is 5.32 Å². The van der Waals surface area contributed by atoms with Crippen molar-refractivity contribution in [2.24, 2.45) is 5.41 Å². The van der Waals surface area contributed by atoms with E-state index in [1.54, 1.807) is 18.2 Å². The maximum atomic E-state index is 8.97. The van der Waals surface area contributed by atoms with Gasteiger partial charge in [0.2, 0.25) is 0 Å². The molecule has 0 aromatic heterocycles. The highest BCUT2D eigenvalue weighted by Crippen LogP contribution is 2.48. The number of nitrogens with zero attached hydrogens (tertiary/aromatic N) is 2. The zero-order valence-electron chi connectivity index (χ0n) is 9.33. The Balaban J connectivity index is 2.07. The number of halogens is 1. The normalized spacial score (nSPS) is 15.7. The number of hydrogen-bond donors (Lipinski definition) is 1. The van der Waals surface area contributed by atoms with Crippen LogP contribution in [0.15, 0.2) is 18.2 Å². The minimum Gasteiger partial charge on any atom is -0.383 e. The molecule has 0 heterocycles. The van der Waals surface area contributed by atoms with Gasteiger partial charge >= 0.3 is 0 Å². The quantitative estimate of drug-likeness (QED) is 0.885. The van der Waals surface area contributed by atoms with E-state index >= 15 is 0 Å². The summed E-state index contributed by atoms with van der Waals surface area (Å²) in [6.45, 7) is 0.732. The number of rotatable bonds is 4. The summed E-state index contributed by atoms with van der Waals surface area (Å²) in [6.07, 6.45) is 2.73. The first-order valence-electron chi connectivity index (χ1n) is 5.50. The second kappa shape index (κ2) is 4.65. The van der Waals surface area contributed by atoms with E-state index in [1.165, 1.54) is 0 Å². The van der Waals surface area contributed by atoms with Crippen LogP contribution in [0, 0.1) is 28.1 Å². The molecule has 86 valence electrons. The summed E-state index contributed by atoms with van der Waals surface area (Å²) in [5.74, 6) is 0. The lowest BCUT2D eigenvalue weighted by Gasteiger charge is -2.14. The van der Waals surface area contributed by atoms with Gasteiger partial charge in [0, 0.05) is 23.4 Å². The Hall–Kier alpha value is -1.71. The molecule has 0 amide bonds. The first-order valence-corrected chi connectivity index (χ1v) is 5.87.